The van der Waals surface area contributed by atoms with Gasteiger partial charge in [-0.15, -0.1) is 0 Å². The Morgan fingerprint density at radius 2 is 2.00 bits per heavy atom. The molecule has 0 aromatic heterocycles. The topological polar surface area (TPSA) is 75.8 Å². The fourth-order valence-corrected chi connectivity index (χ4v) is 3.46. The minimum Gasteiger partial charge on any atom is -0.485 e. The van der Waals surface area contributed by atoms with Gasteiger partial charge in [0.2, 0.25) is 0 Å². The monoisotopic (exact) mass is 306 g/mol. The summed E-state index contributed by atoms with van der Waals surface area (Å²) in [7, 11) is 0. The van der Waals surface area contributed by atoms with E-state index in [1.165, 1.54) is 12.5 Å². The molecule has 2 aliphatic heterocycles. The number of nitrogens with zero attached hydrogens (tertiary/aromatic N) is 2. The molecular formula is C16H22N2O4. The standard InChI is InChI=1S/C16H22N2O4/c1-16(2)15(19)14(17-8-4-3-5-9-17)12-10-11(18(20)21)6-7-13(12)22-16/h6-7,10,14-15,19H,3-5,8-9H2,1-2H3/t14-,15+/m1/s1. The summed E-state index contributed by atoms with van der Waals surface area (Å²) in [6.07, 6.45) is 2.66. The predicted octanol–water partition coefficient (Wildman–Crippen LogP) is 2.65. The lowest BCUT2D eigenvalue weighted by molar-refractivity contribution is -0.385. The molecule has 0 unspecified atom stereocenters. The molecule has 2 heterocycles. The molecule has 22 heavy (non-hydrogen) atoms. The van der Waals surface area contributed by atoms with Crippen molar-refractivity contribution in [2.45, 2.75) is 50.9 Å². The highest BCUT2D eigenvalue weighted by molar-refractivity contribution is 5.48. The van der Waals surface area contributed by atoms with E-state index < -0.39 is 16.6 Å². The van der Waals surface area contributed by atoms with Crippen molar-refractivity contribution in [1.29, 1.82) is 0 Å². The van der Waals surface area contributed by atoms with Gasteiger partial charge in [0.1, 0.15) is 17.5 Å². The minimum atomic E-state index is -0.722. The van der Waals surface area contributed by atoms with Crippen molar-refractivity contribution in [2.75, 3.05) is 13.1 Å². The number of non-ortho nitro benzene ring substituents is 1. The lowest BCUT2D eigenvalue weighted by Gasteiger charge is -2.47. The maximum atomic E-state index is 11.1. The first kappa shape index (κ1) is 15.2. The van der Waals surface area contributed by atoms with Gasteiger partial charge in [-0.05, 0) is 45.8 Å². The quantitative estimate of drug-likeness (QED) is 0.671. The molecular weight excluding hydrogens is 284 g/mol. The third-order valence-corrected chi connectivity index (χ3v) is 4.69. The minimum absolute atomic E-state index is 0.0382. The SMILES string of the molecule is CC1(C)Oc2ccc([N+](=O)[O-])cc2[C@@H](N2CCCCC2)[C@@H]1O. The molecule has 0 saturated carbocycles. The fraction of sp³-hybridized carbons (Fsp3) is 0.625. The van der Waals surface area contributed by atoms with Crippen molar-refractivity contribution in [1.82, 2.24) is 4.90 Å². The fourth-order valence-electron chi connectivity index (χ4n) is 3.46. The van der Waals surface area contributed by atoms with Gasteiger partial charge in [0, 0.05) is 17.7 Å². The normalized spacial score (nSPS) is 27.8. The van der Waals surface area contributed by atoms with E-state index in [1.807, 2.05) is 13.8 Å². The Morgan fingerprint density at radius 3 is 2.64 bits per heavy atom. The Labute approximate surface area is 129 Å². The molecule has 2 aliphatic rings. The molecule has 0 aliphatic carbocycles. The van der Waals surface area contributed by atoms with Crippen LogP contribution in [0.15, 0.2) is 18.2 Å². The van der Waals surface area contributed by atoms with Crippen LogP contribution in [-0.2, 0) is 0 Å². The lowest BCUT2D eigenvalue weighted by atomic mass is 9.84. The van der Waals surface area contributed by atoms with Gasteiger partial charge in [-0.1, -0.05) is 6.42 Å². The first-order valence-corrected chi connectivity index (χ1v) is 7.79. The van der Waals surface area contributed by atoms with Crippen LogP contribution in [0.4, 0.5) is 5.69 Å². The third kappa shape index (κ3) is 2.57. The van der Waals surface area contributed by atoms with E-state index >= 15 is 0 Å². The van der Waals surface area contributed by atoms with E-state index in [0.717, 1.165) is 31.5 Å². The van der Waals surface area contributed by atoms with Crippen LogP contribution in [0.2, 0.25) is 0 Å². The molecule has 1 saturated heterocycles. The average molecular weight is 306 g/mol. The highest BCUT2D eigenvalue weighted by Crippen LogP contribution is 2.44. The summed E-state index contributed by atoms with van der Waals surface area (Å²) < 4.78 is 5.89. The molecule has 0 amide bonds. The number of nitro benzene ring substituents is 1. The zero-order valence-electron chi connectivity index (χ0n) is 13.0. The number of benzene rings is 1. The molecule has 0 spiro atoms. The number of hydrogen-bond acceptors (Lipinski definition) is 5. The van der Waals surface area contributed by atoms with Crippen LogP contribution in [0.25, 0.3) is 0 Å². The Hall–Kier alpha value is -1.66. The molecule has 6 nitrogen and oxygen atoms in total. The van der Waals surface area contributed by atoms with E-state index in [4.69, 9.17) is 4.74 Å². The van der Waals surface area contributed by atoms with Crippen molar-refractivity contribution >= 4 is 5.69 Å². The maximum absolute atomic E-state index is 11.1. The molecule has 1 fully saturated rings. The predicted molar refractivity (Wildman–Crippen MR) is 82.0 cm³/mol. The number of hydrogen-bond donors (Lipinski definition) is 1. The molecule has 1 aromatic rings. The highest BCUT2D eigenvalue weighted by atomic mass is 16.6. The first-order chi connectivity index (χ1) is 10.4. The van der Waals surface area contributed by atoms with Gasteiger partial charge in [-0.2, -0.15) is 0 Å². The number of fused-ring (bicyclic) bond motifs is 1. The summed E-state index contributed by atoms with van der Waals surface area (Å²) in [5.41, 5.74) is 0.0461. The van der Waals surface area contributed by atoms with E-state index in [9.17, 15) is 15.2 Å². The molecule has 3 rings (SSSR count). The van der Waals surface area contributed by atoms with Gasteiger partial charge in [-0.3, -0.25) is 15.0 Å². The van der Waals surface area contributed by atoms with Gasteiger partial charge in [0.05, 0.1) is 11.0 Å². The molecule has 1 N–H and O–H groups in total. The largest absolute Gasteiger partial charge is 0.485 e. The number of ether oxygens (including phenoxy) is 1. The van der Waals surface area contributed by atoms with Gasteiger partial charge in [0.25, 0.3) is 5.69 Å². The summed E-state index contributed by atoms with van der Waals surface area (Å²) in [4.78, 5) is 12.9. The second-order valence-corrected chi connectivity index (χ2v) is 6.67. The van der Waals surface area contributed by atoms with Gasteiger partial charge in [-0.25, -0.2) is 0 Å². The van der Waals surface area contributed by atoms with Crippen LogP contribution in [0.1, 0.15) is 44.7 Å². The van der Waals surface area contributed by atoms with Crippen LogP contribution in [0, 0.1) is 10.1 Å². The Bertz CT molecular complexity index is 582. The lowest BCUT2D eigenvalue weighted by Crippen LogP contribution is -2.54. The Balaban J connectivity index is 2.06. The second-order valence-electron chi connectivity index (χ2n) is 6.67. The van der Waals surface area contributed by atoms with Crippen LogP contribution in [-0.4, -0.2) is 39.7 Å². The van der Waals surface area contributed by atoms with Crippen LogP contribution >= 0.6 is 0 Å². The maximum Gasteiger partial charge on any atom is 0.270 e. The number of nitro groups is 1. The van der Waals surface area contributed by atoms with Crippen LogP contribution in [0.3, 0.4) is 0 Å². The zero-order valence-corrected chi connectivity index (χ0v) is 13.0. The molecule has 0 radical (unpaired) electrons. The number of aliphatic hydroxyl groups is 1. The highest BCUT2D eigenvalue weighted by Gasteiger charge is 2.46. The molecule has 2 atom stereocenters. The number of likely N-dealkylation sites (tertiary alicyclic amines) is 1. The van der Waals surface area contributed by atoms with E-state index in [-0.39, 0.29) is 11.7 Å². The van der Waals surface area contributed by atoms with Gasteiger partial charge in [0.15, 0.2) is 0 Å². The smallest absolute Gasteiger partial charge is 0.270 e. The van der Waals surface area contributed by atoms with Crippen molar-refractivity contribution in [3.05, 3.63) is 33.9 Å². The first-order valence-electron chi connectivity index (χ1n) is 7.79. The van der Waals surface area contributed by atoms with Crippen LogP contribution < -0.4 is 4.74 Å². The average Bonchev–Trinajstić information content (AvgIpc) is 2.48. The van der Waals surface area contributed by atoms with Crippen molar-refractivity contribution in [3.63, 3.8) is 0 Å². The van der Waals surface area contributed by atoms with Gasteiger partial charge < -0.3 is 9.84 Å². The summed E-state index contributed by atoms with van der Waals surface area (Å²) >= 11 is 0. The van der Waals surface area contributed by atoms with E-state index in [2.05, 4.69) is 4.90 Å². The van der Waals surface area contributed by atoms with Crippen molar-refractivity contribution < 1.29 is 14.8 Å². The zero-order chi connectivity index (χ0) is 15.9. The molecule has 0 bridgehead atoms. The van der Waals surface area contributed by atoms with Crippen molar-refractivity contribution in [3.8, 4) is 5.75 Å². The van der Waals surface area contributed by atoms with Crippen LogP contribution in [0.5, 0.6) is 5.75 Å². The summed E-state index contributed by atoms with van der Waals surface area (Å²) in [5, 5.41) is 21.9. The van der Waals surface area contributed by atoms with E-state index in [1.54, 1.807) is 12.1 Å². The molecule has 1 aromatic carbocycles. The van der Waals surface area contributed by atoms with Gasteiger partial charge >= 0.3 is 0 Å². The number of piperidine rings is 1. The summed E-state index contributed by atoms with van der Waals surface area (Å²) in [6, 6.07) is 4.41. The molecule has 6 heteroatoms. The Kier molecular flexibility index (Phi) is 3.82. The third-order valence-electron chi connectivity index (χ3n) is 4.69. The second kappa shape index (κ2) is 5.52. The summed E-state index contributed by atoms with van der Waals surface area (Å²) in [5.74, 6) is 0.636. The molecule has 120 valence electrons. The summed E-state index contributed by atoms with van der Waals surface area (Å²) in [6.45, 7) is 5.53. The number of aliphatic hydroxyl groups excluding tert-OH is 1. The van der Waals surface area contributed by atoms with E-state index in [0.29, 0.717) is 5.75 Å². The number of rotatable bonds is 2. The Morgan fingerprint density at radius 1 is 1.32 bits per heavy atom. The van der Waals surface area contributed by atoms with Crippen molar-refractivity contribution in [2.24, 2.45) is 0 Å².